The number of carbonyl (C=O) groups is 2. The Bertz CT molecular complexity index is 968. The molecule has 2 heterocycles. The van der Waals surface area contributed by atoms with Crippen molar-refractivity contribution in [2.45, 2.75) is 20.0 Å². The van der Waals surface area contributed by atoms with Crippen molar-refractivity contribution in [2.24, 2.45) is 0 Å². The van der Waals surface area contributed by atoms with Gasteiger partial charge < -0.3 is 24.9 Å². The molecule has 0 aliphatic heterocycles. The van der Waals surface area contributed by atoms with Crippen LogP contribution in [-0.4, -0.2) is 37.5 Å². The van der Waals surface area contributed by atoms with Gasteiger partial charge in [0.2, 0.25) is 0 Å². The summed E-state index contributed by atoms with van der Waals surface area (Å²) in [6, 6.07) is 12.8. The van der Waals surface area contributed by atoms with E-state index in [0.717, 1.165) is 11.3 Å². The molecule has 0 fully saturated rings. The Kier molecular flexibility index (Phi) is 7.13. The van der Waals surface area contributed by atoms with Crippen LogP contribution in [0.1, 0.15) is 27.9 Å². The highest BCUT2D eigenvalue weighted by molar-refractivity contribution is 7.12. The second-order valence-electron chi connectivity index (χ2n) is 6.94. The number of thiophene rings is 1. The van der Waals surface area contributed by atoms with Crippen molar-refractivity contribution in [3.05, 3.63) is 70.3 Å². The zero-order valence-electron chi connectivity index (χ0n) is 17.3. The highest BCUT2D eigenvalue weighted by Gasteiger charge is 2.18. The minimum absolute atomic E-state index is 0.148. The van der Waals surface area contributed by atoms with E-state index in [1.54, 1.807) is 23.3 Å². The highest BCUT2D eigenvalue weighted by atomic mass is 32.1. The van der Waals surface area contributed by atoms with Gasteiger partial charge in [0.05, 0.1) is 24.2 Å². The number of anilines is 2. The molecule has 0 unspecified atom stereocenters. The fourth-order valence-corrected chi connectivity index (χ4v) is 3.70. The van der Waals surface area contributed by atoms with Gasteiger partial charge in [0.1, 0.15) is 5.76 Å². The Morgan fingerprint density at radius 3 is 2.57 bits per heavy atom. The highest BCUT2D eigenvalue weighted by Crippen LogP contribution is 2.26. The molecule has 2 aromatic heterocycles. The Morgan fingerprint density at radius 1 is 1.10 bits per heavy atom. The molecule has 0 spiro atoms. The van der Waals surface area contributed by atoms with Gasteiger partial charge >= 0.3 is 6.03 Å². The molecule has 8 heteroatoms. The molecule has 7 nitrogen and oxygen atoms in total. The molecule has 30 heavy (non-hydrogen) atoms. The Labute approximate surface area is 180 Å². The summed E-state index contributed by atoms with van der Waals surface area (Å²) in [7, 11) is 3.90. The standard InChI is InChI=1S/C22H26N4O3S/c1-4-23-22(28)26(15-18-7-5-11-29-18)14-16-13-17(9-10-19(16)25(2)3)24-21(27)20-8-6-12-30-20/h5-13H,4,14-15H2,1-3H3,(H,23,28)(H,24,27). The van der Waals surface area contributed by atoms with Gasteiger partial charge in [-0.05, 0) is 54.3 Å². The van der Waals surface area contributed by atoms with E-state index >= 15 is 0 Å². The van der Waals surface area contributed by atoms with Gasteiger partial charge in [-0.1, -0.05) is 6.07 Å². The van der Waals surface area contributed by atoms with Crippen LogP contribution in [0.15, 0.2) is 58.5 Å². The number of benzene rings is 1. The number of urea groups is 1. The lowest BCUT2D eigenvalue weighted by Gasteiger charge is -2.25. The Balaban J connectivity index is 1.86. The van der Waals surface area contributed by atoms with Gasteiger partial charge in [0, 0.05) is 32.0 Å². The van der Waals surface area contributed by atoms with E-state index in [4.69, 9.17) is 4.42 Å². The second kappa shape index (κ2) is 9.98. The number of carbonyl (C=O) groups excluding carboxylic acids is 2. The van der Waals surface area contributed by atoms with Crippen LogP contribution in [0.3, 0.4) is 0 Å². The Hall–Kier alpha value is -3.26. The zero-order chi connectivity index (χ0) is 21.5. The predicted octanol–water partition coefficient (Wildman–Crippen LogP) is 4.39. The summed E-state index contributed by atoms with van der Waals surface area (Å²) in [5, 5.41) is 7.66. The molecule has 158 valence electrons. The lowest BCUT2D eigenvalue weighted by Crippen LogP contribution is -2.39. The lowest BCUT2D eigenvalue weighted by atomic mass is 10.1. The molecule has 0 saturated carbocycles. The van der Waals surface area contributed by atoms with Gasteiger partial charge in [-0.3, -0.25) is 4.79 Å². The van der Waals surface area contributed by atoms with E-state index in [0.29, 0.717) is 36.0 Å². The number of hydrogen-bond donors (Lipinski definition) is 2. The topological polar surface area (TPSA) is 77.8 Å². The molecule has 3 amide bonds. The van der Waals surface area contributed by atoms with Crippen LogP contribution in [0, 0.1) is 0 Å². The van der Waals surface area contributed by atoms with E-state index in [2.05, 4.69) is 10.6 Å². The van der Waals surface area contributed by atoms with Crippen molar-refractivity contribution in [1.82, 2.24) is 10.2 Å². The third-order valence-corrected chi connectivity index (χ3v) is 5.34. The molecule has 0 bridgehead atoms. The largest absolute Gasteiger partial charge is 0.467 e. The monoisotopic (exact) mass is 426 g/mol. The average Bonchev–Trinajstić information content (AvgIpc) is 3.42. The van der Waals surface area contributed by atoms with Gasteiger partial charge in [-0.15, -0.1) is 11.3 Å². The van der Waals surface area contributed by atoms with Crippen LogP contribution in [-0.2, 0) is 13.1 Å². The number of nitrogens with one attached hydrogen (secondary N) is 2. The summed E-state index contributed by atoms with van der Waals surface area (Å²) in [5.41, 5.74) is 2.57. The summed E-state index contributed by atoms with van der Waals surface area (Å²) in [4.78, 5) is 29.4. The van der Waals surface area contributed by atoms with E-state index in [1.165, 1.54) is 11.3 Å². The van der Waals surface area contributed by atoms with Crippen LogP contribution in [0.4, 0.5) is 16.2 Å². The summed E-state index contributed by atoms with van der Waals surface area (Å²) >= 11 is 1.39. The molecular weight excluding hydrogens is 400 g/mol. The summed E-state index contributed by atoms with van der Waals surface area (Å²) in [5.74, 6) is 0.555. The maximum absolute atomic E-state index is 12.7. The third kappa shape index (κ3) is 5.42. The van der Waals surface area contributed by atoms with Crippen molar-refractivity contribution < 1.29 is 14.0 Å². The fourth-order valence-electron chi connectivity index (χ4n) is 3.09. The van der Waals surface area contributed by atoms with E-state index < -0.39 is 0 Å². The number of furan rings is 1. The maximum atomic E-state index is 12.7. The summed E-state index contributed by atoms with van der Waals surface area (Å²) < 4.78 is 5.44. The first-order valence-corrected chi connectivity index (χ1v) is 10.6. The lowest BCUT2D eigenvalue weighted by molar-refractivity contribution is 0.103. The molecule has 0 aliphatic carbocycles. The second-order valence-corrected chi connectivity index (χ2v) is 7.89. The first-order valence-electron chi connectivity index (χ1n) is 9.68. The minimum atomic E-state index is -0.174. The quantitative estimate of drug-likeness (QED) is 0.560. The van der Waals surface area contributed by atoms with Gasteiger partial charge in [-0.2, -0.15) is 0 Å². The normalized spacial score (nSPS) is 10.5. The van der Waals surface area contributed by atoms with Crippen molar-refractivity contribution in [1.29, 1.82) is 0 Å². The molecule has 3 rings (SSSR count). The summed E-state index contributed by atoms with van der Waals surface area (Å²) in [6.45, 7) is 3.13. The minimum Gasteiger partial charge on any atom is -0.467 e. The molecule has 2 N–H and O–H groups in total. The van der Waals surface area contributed by atoms with Crippen LogP contribution >= 0.6 is 11.3 Å². The van der Waals surface area contributed by atoms with Crippen molar-refractivity contribution >= 4 is 34.6 Å². The SMILES string of the molecule is CCNC(=O)N(Cc1ccco1)Cc1cc(NC(=O)c2cccs2)ccc1N(C)C. The van der Waals surface area contributed by atoms with Crippen LogP contribution in [0.25, 0.3) is 0 Å². The third-order valence-electron chi connectivity index (χ3n) is 4.47. The van der Waals surface area contributed by atoms with Gasteiger partial charge in [0.25, 0.3) is 5.91 Å². The molecule has 0 atom stereocenters. The Morgan fingerprint density at radius 2 is 1.93 bits per heavy atom. The van der Waals surface area contributed by atoms with Gasteiger partial charge in [-0.25, -0.2) is 4.79 Å². The first-order chi connectivity index (χ1) is 14.5. The fraction of sp³-hybridized carbons (Fsp3) is 0.273. The molecule has 0 aliphatic rings. The molecule has 1 aromatic carbocycles. The van der Waals surface area contributed by atoms with Crippen LogP contribution in [0.2, 0.25) is 0 Å². The van der Waals surface area contributed by atoms with E-state index in [9.17, 15) is 9.59 Å². The van der Waals surface area contributed by atoms with Gasteiger partial charge in [0.15, 0.2) is 0 Å². The van der Waals surface area contributed by atoms with Crippen LogP contribution in [0.5, 0.6) is 0 Å². The molecule has 0 saturated heterocycles. The first kappa shape index (κ1) is 21.4. The number of amides is 3. The van der Waals surface area contributed by atoms with E-state index in [-0.39, 0.29) is 11.9 Å². The summed E-state index contributed by atoms with van der Waals surface area (Å²) in [6.07, 6.45) is 1.59. The predicted molar refractivity (Wildman–Crippen MR) is 120 cm³/mol. The van der Waals surface area contributed by atoms with Crippen molar-refractivity contribution in [3.63, 3.8) is 0 Å². The molecule has 3 aromatic rings. The van der Waals surface area contributed by atoms with E-state index in [1.807, 2.05) is 61.6 Å². The smallest absolute Gasteiger partial charge is 0.318 e. The van der Waals surface area contributed by atoms with Crippen LogP contribution < -0.4 is 15.5 Å². The molecular formula is C22H26N4O3S. The zero-order valence-corrected chi connectivity index (χ0v) is 18.2. The number of hydrogen-bond acceptors (Lipinski definition) is 5. The number of nitrogens with zero attached hydrogens (tertiary/aromatic N) is 2. The number of rotatable bonds is 8. The molecule has 0 radical (unpaired) electrons. The van der Waals surface area contributed by atoms with Crippen molar-refractivity contribution in [3.8, 4) is 0 Å². The maximum Gasteiger partial charge on any atom is 0.318 e. The van der Waals surface area contributed by atoms with Crippen molar-refractivity contribution in [2.75, 3.05) is 30.9 Å². The average molecular weight is 427 g/mol.